The molecule has 2 N–H and O–H groups in total. The normalized spacial score (nSPS) is 18.6. The predicted octanol–water partition coefficient (Wildman–Crippen LogP) is 4.06. The smallest absolute Gasteiger partial charge is 0.232 e. The highest BCUT2D eigenvalue weighted by Gasteiger charge is 2.31. The van der Waals surface area contributed by atoms with Crippen LogP contribution in [0.15, 0.2) is 43.1 Å². The molecule has 8 nitrogen and oxygen atoms in total. The number of H-pyrrole nitrogens is 1. The van der Waals surface area contributed by atoms with Gasteiger partial charge in [0.15, 0.2) is 0 Å². The highest BCUT2D eigenvalue weighted by molar-refractivity contribution is 5.97. The van der Waals surface area contributed by atoms with E-state index in [0.29, 0.717) is 11.8 Å². The molecular formula is C21H23N7O. The Morgan fingerprint density at radius 2 is 2.17 bits per heavy atom. The monoisotopic (exact) mass is 389 g/mol. The van der Waals surface area contributed by atoms with Gasteiger partial charge >= 0.3 is 0 Å². The average Bonchev–Trinajstić information content (AvgIpc) is 3.31. The molecule has 0 atom stereocenters. The van der Waals surface area contributed by atoms with Crippen LogP contribution in [0.5, 0.6) is 5.88 Å². The van der Waals surface area contributed by atoms with Crippen molar-refractivity contribution >= 4 is 22.7 Å². The SMILES string of the molecule is CCC1CC(Oc2nc(Nc3cnn(C)c3)nc3[nH]cc(-c4cccnc4)c23)C1. The topological polar surface area (TPSA) is 93.5 Å². The molecule has 148 valence electrons. The molecule has 0 unspecified atom stereocenters. The minimum absolute atomic E-state index is 0.195. The molecule has 1 aliphatic rings. The van der Waals surface area contributed by atoms with Crippen molar-refractivity contribution in [2.45, 2.75) is 32.3 Å². The molecular weight excluding hydrogens is 366 g/mol. The number of ether oxygens (including phenoxy) is 1. The second-order valence-corrected chi connectivity index (χ2v) is 7.53. The van der Waals surface area contributed by atoms with Crippen molar-refractivity contribution in [1.82, 2.24) is 29.7 Å². The summed E-state index contributed by atoms with van der Waals surface area (Å²) in [5, 5.41) is 8.28. The van der Waals surface area contributed by atoms with Crippen molar-refractivity contribution in [3.05, 3.63) is 43.1 Å². The van der Waals surface area contributed by atoms with Crippen LogP contribution in [0.1, 0.15) is 26.2 Å². The first-order chi connectivity index (χ1) is 14.2. The van der Waals surface area contributed by atoms with Gasteiger partial charge in [0.25, 0.3) is 0 Å². The highest BCUT2D eigenvalue weighted by atomic mass is 16.5. The Hall–Kier alpha value is -3.42. The molecule has 0 aliphatic heterocycles. The lowest BCUT2D eigenvalue weighted by molar-refractivity contribution is 0.0607. The summed E-state index contributed by atoms with van der Waals surface area (Å²) in [4.78, 5) is 16.9. The minimum atomic E-state index is 0.195. The number of anilines is 2. The van der Waals surface area contributed by atoms with Crippen LogP contribution in [0.3, 0.4) is 0 Å². The predicted molar refractivity (Wildman–Crippen MR) is 111 cm³/mol. The molecule has 29 heavy (non-hydrogen) atoms. The zero-order valence-electron chi connectivity index (χ0n) is 16.5. The van der Waals surface area contributed by atoms with Crippen molar-refractivity contribution in [3.63, 3.8) is 0 Å². The van der Waals surface area contributed by atoms with Gasteiger partial charge in [-0.15, -0.1) is 0 Å². The Kier molecular flexibility index (Phi) is 4.38. The van der Waals surface area contributed by atoms with Crippen molar-refractivity contribution in [2.75, 3.05) is 5.32 Å². The molecule has 5 rings (SSSR count). The number of nitrogens with zero attached hydrogens (tertiary/aromatic N) is 5. The third kappa shape index (κ3) is 3.41. The Balaban J connectivity index is 1.55. The van der Waals surface area contributed by atoms with Gasteiger partial charge in [-0.2, -0.15) is 15.1 Å². The maximum absolute atomic E-state index is 6.35. The van der Waals surface area contributed by atoms with Gasteiger partial charge < -0.3 is 15.0 Å². The summed E-state index contributed by atoms with van der Waals surface area (Å²) in [5.41, 5.74) is 3.54. The van der Waals surface area contributed by atoms with Gasteiger partial charge in [0.1, 0.15) is 11.8 Å². The first-order valence-electron chi connectivity index (χ1n) is 9.91. The number of aromatic amines is 1. The molecule has 4 heterocycles. The van der Waals surface area contributed by atoms with E-state index in [9.17, 15) is 0 Å². The van der Waals surface area contributed by atoms with Gasteiger partial charge in [-0.3, -0.25) is 9.67 Å². The summed E-state index contributed by atoms with van der Waals surface area (Å²) < 4.78 is 8.08. The number of hydrogen-bond acceptors (Lipinski definition) is 6. The van der Waals surface area contributed by atoms with E-state index in [0.717, 1.165) is 46.6 Å². The van der Waals surface area contributed by atoms with Crippen LogP contribution < -0.4 is 10.1 Å². The maximum atomic E-state index is 6.35. The molecule has 0 bridgehead atoms. The molecule has 8 heteroatoms. The van der Waals surface area contributed by atoms with E-state index >= 15 is 0 Å². The zero-order valence-corrected chi connectivity index (χ0v) is 16.5. The number of rotatable bonds is 6. The molecule has 1 saturated carbocycles. The molecule has 0 spiro atoms. The Morgan fingerprint density at radius 3 is 2.90 bits per heavy atom. The molecule has 0 saturated heterocycles. The lowest BCUT2D eigenvalue weighted by Crippen LogP contribution is -2.33. The van der Waals surface area contributed by atoms with Crippen molar-refractivity contribution in [2.24, 2.45) is 13.0 Å². The molecule has 1 aliphatic carbocycles. The number of nitrogens with one attached hydrogen (secondary N) is 2. The fourth-order valence-electron chi connectivity index (χ4n) is 3.77. The summed E-state index contributed by atoms with van der Waals surface area (Å²) in [5.74, 6) is 1.82. The van der Waals surface area contributed by atoms with Crippen LogP contribution in [-0.4, -0.2) is 35.8 Å². The number of hydrogen-bond donors (Lipinski definition) is 2. The van der Waals surface area contributed by atoms with Gasteiger partial charge in [0.2, 0.25) is 11.8 Å². The van der Waals surface area contributed by atoms with E-state index in [1.165, 1.54) is 6.42 Å². The molecule has 4 aromatic rings. The Morgan fingerprint density at radius 1 is 1.28 bits per heavy atom. The van der Waals surface area contributed by atoms with E-state index in [4.69, 9.17) is 9.72 Å². The van der Waals surface area contributed by atoms with Crippen LogP contribution >= 0.6 is 0 Å². The Bertz CT molecular complexity index is 1130. The van der Waals surface area contributed by atoms with Crippen molar-refractivity contribution in [1.29, 1.82) is 0 Å². The summed E-state index contributed by atoms with van der Waals surface area (Å²) >= 11 is 0. The second-order valence-electron chi connectivity index (χ2n) is 7.53. The molecule has 0 radical (unpaired) electrons. The van der Waals surface area contributed by atoms with E-state index in [2.05, 4.69) is 32.3 Å². The lowest BCUT2D eigenvalue weighted by atomic mass is 9.80. The standard InChI is InChI=1S/C21H23N7O/c1-3-13-7-16(8-13)29-20-18-17(14-5-4-6-22-9-14)11-23-19(18)26-21(27-20)25-15-10-24-28(2)12-15/h4-6,9-13,16H,3,7-8H2,1-2H3,(H2,23,25,26,27). The third-order valence-corrected chi connectivity index (χ3v) is 5.48. The highest BCUT2D eigenvalue weighted by Crippen LogP contribution is 2.38. The van der Waals surface area contributed by atoms with Crippen LogP contribution in [0.25, 0.3) is 22.2 Å². The number of pyridine rings is 1. The van der Waals surface area contributed by atoms with Crippen LogP contribution in [0, 0.1) is 5.92 Å². The Labute approximate surface area is 168 Å². The average molecular weight is 389 g/mol. The van der Waals surface area contributed by atoms with Crippen LogP contribution in [0.4, 0.5) is 11.6 Å². The largest absolute Gasteiger partial charge is 0.474 e. The first-order valence-corrected chi connectivity index (χ1v) is 9.91. The van der Waals surface area contributed by atoms with Crippen molar-refractivity contribution in [3.8, 4) is 17.0 Å². The molecule has 4 aromatic heterocycles. The molecule has 1 fully saturated rings. The van der Waals surface area contributed by atoms with Crippen LogP contribution in [0.2, 0.25) is 0 Å². The van der Waals surface area contributed by atoms with Gasteiger partial charge in [0, 0.05) is 43.0 Å². The summed E-state index contributed by atoms with van der Waals surface area (Å²) in [6.07, 6.45) is 12.7. The summed E-state index contributed by atoms with van der Waals surface area (Å²) in [6.45, 7) is 2.23. The fourth-order valence-corrected chi connectivity index (χ4v) is 3.77. The van der Waals surface area contributed by atoms with E-state index < -0.39 is 0 Å². The number of aromatic nitrogens is 6. The van der Waals surface area contributed by atoms with E-state index in [-0.39, 0.29) is 6.10 Å². The van der Waals surface area contributed by atoms with E-state index in [1.807, 2.05) is 37.8 Å². The number of aryl methyl sites for hydroxylation is 1. The summed E-state index contributed by atoms with van der Waals surface area (Å²) in [7, 11) is 1.87. The zero-order chi connectivity index (χ0) is 19.8. The number of fused-ring (bicyclic) bond motifs is 1. The van der Waals surface area contributed by atoms with Gasteiger partial charge in [0.05, 0.1) is 17.3 Å². The second kappa shape index (κ2) is 7.20. The fraction of sp³-hybridized carbons (Fsp3) is 0.333. The quantitative estimate of drug-likeness (QED) is 0.516. The molecule has 0 aromatic carbocycles. The summed E-state index contributed by atoms with van der Waals surface area (Å²) in [6, 6.07) is 3.95. The van der Waals surface area contributed by atoms with E-state index in [1.54, 1.807) is 17.1 Å². The van der Waals surface area contributed by atoms with Gasteiger partial charge in [-0.05, 0) is 24.8 Å². The lowest BCUT2D eigenvalue weighted by Gasteiger charge is -2.34. The van der Waals surface area contributed by atoms with Crippen molar-refractivity contribution < 1.29 is 4.74 Å². The third-order valence-electron chi connectivity index (χ3n) is 5.48. The maximum Gasteiger partial charge on any atom is 0.232 e. The van der Waals surface area contributed by atoms with Gasteiger partial charge in [-0.1, -0.05) is 19.4 Å². The minimum Gasteiger partial charge on any atom is -0.474 e. The first kappa shape index (κ1) is 17.7. The molecule has 0 amide bonds. The van der Waals surface area contributed by atoms with Gasteiger partial charge in [-0.25, -0.2) is 0 Å². The van der Waals surface area contributed by atoms with Crippen LogP contribution in [-0.2, 0) is 7.05 Å².